The van der Waals surface area contributed by atoms with E-state index in [1.165, 1.54) is 63.5 Å². The normalized spacial score (nSPS) is 34.3. The molecule has 1 heteroatoms. The topological polar surface area (TPSA) is 0 Å². The molecule has 0 amide bonds. The Morgan fingerprint density at radius 2 is 1.50 bits per heavy atom. The molecule has 1 aliphatic heterocycles. The zero-order chi connectivity index (χ0) is 11.2. The summed E-state index contributed by atoms with van der Waals surface area (Å²) in [5.41, 5.74) is 0. The van der Waals surface area contributed by atoms with Crippen LogP contribution in [0.2, 0.25) is 0 Å². The van der Waals surface area contributed by atoms with Crippen LogP contribution in [0, 0.1) is 11.8 Å². The average molecular weight is 240 g/mol. The molecule has 2 unspecified atom stereocenters. The monoisotopic (exact) mass is 240 g/mol. The van der Waals surface area contributed by atoms with Crippen molar-refractivity contribution in [3.05, 3.63) is 0 Å². The minimum atomic E-state index is 0.952. The van der Waals surface area contributed by atoms with E-state index >= 15 is 0 Å². The molecule has 0 nitrogen and oxygen atoms in total. The maximum atomic E-state index is 2.46. The van der Waals surface area contributed by atoms with Crippen LogP contribution in [-0.2, 0) is 0 Å². The molecule has 1 saturated carbocycles. The largest absolute Gasteiger partial charge is 0.159 e. The molecule has 2 rings (SSSR count). The Bertz CT molecular complexity index is 180. The van der Waals surface area contributed by atoms with Crippen LogP contribution in [0.4, 0.5) is 0 Å². The van der Waals surface area contributed by atoms with Crippen LogP contribution in [0.15, 0.2) is 0 Å². The van der Waals surface area contributed by atoms with Crippen molar-refractivity contribution < 1.29 is 0 Å². The lowest BCUT2D eigenvalue weighted by atomic mass is 9.85. The molecule has 94 valence electrons. The van der Waals surface area contributed by atoms with Crippen LogP contribution >= 0.6 is 11.8 Å². The highest BCUT2D eigenvalue weighted by Crippen LogP contribution is 2.38. The highest BCUT2D eigenvalue weighted by molar-refractivity contribution is 8.00. The maximum absolute atomic E-state index is 2.46. The Balaban J connectivity index is 1.76. The first-order chi connectivity index (χ1) is 7.86. The minimum absolute atomic E-state index is 0.952. The van der Waals surface area contributed by atoms with Crippen LogP contribution in [0.5, 0.6) is 0 Å². The Morgan fingerprint density at radius 3 is 2.06 bits per heavy atom. The van der Waals surface area contributed by atoms with Gasteiger partial charge in [-0.25, -0.2) is 0 Å². The van der Waals surface area contributed by atoms with Crippen LogP contribution in [0.1, 0.15) is 71.1 Å². The van der Waals surface area contributed by atoms with Gasteiger partial charge in [0.1, 0.15) is 0 Å². The van der Waals surface area contributed by atoms with Crippen molar-refractivity contribution in [1.29, 1.82) is 0 Å². The quantitative estimate of drug-likeness (QED) is 0.633. The molecule has 1 aliphatic carbocycles. The predicted octanol–water partition coefficient (Wildman–Crippen LogP) is 5.27. The molecule has 1 saturated heterocycles. The molecule has 0 N–H and O–H groups in total. The van der Waals surface area contributed by atoms with Crippen molar-refractivity contribution in [2.45, 2.75) is 76.4 Å². The van der Waals surface area contributed by atoms with Crippen LogP contribution in [-0.4, -0.2) is 11.0 Å². The lowest BCUT2D eigenvalue weighted by Gasteiger charge is -2.22. The standard InChI is InChI=1S/C15H28S/c1-13-15(10-11-16-13)12-14-8-6-4-2-3-5-7-9-14/h13-15H,2-12H2,1H3. The summed E-state index contributed by atoms with van der Waals surface area (Å²) in [5, 5.41) is 0.952. The van der Waals surface area contributed by atoms with Crippen molar-refractivity contribution in [3.63, 3.8) is 0 Å². The summed E-state index contributed by atoms with van der Waals surface area (Å²) in [7, 11) is 0. The van der Waals surface area contributed by atoms with Crippen molar-refractivity contribution in [2.75, 3.05) is 5.75 Å². The summed E-state index contributed by atoms with van der Waals surface area (Å²) in [6, 6.07) is 0. The smallest absolute Gasteiger partial charge is 0.00473 e. The molecule has 2 aliphatic rings. The summed E-state index contributed by atoms with van der Waals surface area (Å²) in [4.78, 5) is 0. The Morgan fingerprint density at radius 1 is 0.875 bits per heavy atom. The minimum Gasteiger partial charge on any atom is -0.159 e. The van der Waals surface area contributed by atoms with Crippen molar-refractivity contribution in [2.24, 2.45) is 11.8 Å². The number of thioether (sulfide) groups is 1. The van der Waals surface area contributed by atoms with Gasteiger partial charge < -0.3 is 0 Å². The fourth-order valence-electron chi connectivity index (χ4n) is 3.47. The van der Waals surface area contributed by atoms with Crippen molar-refractivity contribution in [1.82, 2.24) is 0 Å². The first-order valence-corrected chi connectivity index (χ1v) is 8.53. The first-order valence-electron chi connectivity index (χ1n) is 7.48. The van der Waals surface area contributed by atoms with Gasteiger partial charge >= 0.3 is 0 Å². The van der Waals surface area contributed by atoms with Gasteiger partial charge in [0.25, 0.3) is 0 Å². The zero-order valence-corrected chi connectivity index (χ0v) is 11.7. The lowest BCUT2D eigenvalue weighted by molar-refractivity contribution is 0.325. The number of rotatable bonds is 2. The third-order valence-electron chi connectivity index (χ3n) is 4.64. The highest BCUT2D eigenvalue weighted by atomic mass is 32.2. The Kier molecular flexibility index (Phi) is 5.55. The molecular weight excluding hydrogens is 212 g/mol. The van der Waals surface area contributed by atoms with Gasteiger partial charge in [0.15, 0.2) is 0 Å². The van der Waals surface area contributed by atoms with Crippen molar-refractivity contribution in [3.8, 4) is 0 Å². The van der Waals surface area contributed by atoms with Gasteiger partial charge in [-0.1, -0.05) is 58.3 Å². The van der Waals surface area contributed by atoms with E-state index in [0.29, 0.717) is 0 Å². The summed E-state index contributed by atoms with van der Waals surface area (Å²) in [6.45, 7) is 2.46. The molecule has 0 radical (unpaired) electrons. The zero-order valence-electron chi connectivity index (χ0n) is 10.9. The maximum Gasteiger partial charge on any atom is 0.00473 e. The van der Waals surface area contributed by atoms with Gasteiger partial charge in [0, 0.05) is 5.25 Å². The van der Waals surface area contributed by atoms with E-state index in [-0.39, 0.29) is 0 Å². The molecule has 16 heavy (non-hydrogen) atoms. The fraction of sp³-hybridized carbons (Fsp3) is 1.00. The first kappa shape index (κ1) is 12.8. The second-order valence-corrected chi connectivity index (χ2v) is 7.41. The second-order valence-electron chi connectivity index (χ2n) is 5.93. The molecule has 0 aromatic rings. The second kappa shape index (κ2) is 6.93. The van der Waals surface area contributed by atoms with Gasteiger partial charge in [-0.15, -0.1) is 0 Å². The molecular formula is C15H28S. The van der Waals surface area contributed by atoms with Gasteiger partial charge in [-0.3, -0.25) is 0 Å². The van der Waals surface area contributed by atoms with Crippen LogP contribution in [0.3, 0.4) is 0 Å². The van der Waals surface area contributed by atoms with E-state index in [1.54, 1.807) is 6.42 Å². The van der Waals surface area contributed by atoms with E-state index in [0.717, 1.165) is 17.1 Å². The summed E-state index contributed by atoms with van der Waals surface area (Å²) in [5.74, 6) is 3.55. The lowest BCUT2D eigenvalue weighted by Crippen LogP contribution is -2.13. The molecule has 1 heterocycles. The van der Waals surface area contributed by atoms with Gasteiger partial charge in [-0.05, 0) is 30.4 Å². The summed E-state index contributed by atoms with van der Waals surface area (Å²) < 4.78 is 0. The van der Waals surface area contributed by atoms with E-state index < -0.39 is 0 Å². The summed E-state index contributed by atoms with van der Waals surface area (Å²) in [6.07, 6.45) is 15.2. The van der Waals surface area contributed by atoms with Gasteiger partial charge in [0.05, 0.1) is 0 Å². The van der Waals surface area contributed by atoms with Crippen LogP contribution < -0.4 is 0 Å². The van der Waals surface area contributed by atoms with Crippen molar-refractivity contribution >= 4 is 11.8 Å². The predicted molar refractivity (Wildman–Crippen MR) is 75.1 cm³/mol. The third kappa shape index (κ3) is 3.98. The fourth-order valence-corrected chi connectivity index (χ4v) is 4.80. The Hall–Kier alpha value is 0.350. The third-order valence-corrected chi connectivity index (χ3v) is 6.03. The summed E-state index contributed by atoms with van der Waals surface area (Å²) >= 11 is 2.21. The SMILES string of the molecule is CC1SCCC1CC1CCCCCCCC1. The van der Waals surface area contributed by atoms with E-state index in [2.05, 4.69) is 18.7 Å². The molecule has 0 bridgehead atoms. The number of hydrogen-bond donors (Lipinski definition) is 0. The molecule has 0 aromatic heterocycles. The van der Waals surface area contributed by atoms with Gasteiger partial charge in [-0.2, -0.15) is 11.8 Å². The highest BCUT2D eigenvalue weighted by Gasteiger charge is 2.26. The Labute approximate surface area is 106 Å². The molecule has 0 aromatic carbocycles. The number of hydrogen-bond acceptors (Lipinski definition) is 1. The molecule has 2 atom stereocenters. The average Bonchev–Trinajstić information content (AvgIpc) is 2.72. The van der Waals surface area contributed by atoms with E-state index in [4.69, 9.17) is 0 Å². The molecule has 0 spiro atoms. The molecule has 2 fully saturated rings. The van der Waals surface area contributed by atoms with E-state index in [1.807, 2.05) is 0 Å². The van der Waals surface area contributed by atoms with Gasteiger partial charge in [0.2, 0.25) is 0 Å². The van der Waals surface area contributed by atoms with Crippen LogP contribution in [0.25, 0.3) is 0 Å². The van der Waals surface area contributed by atoms with E-state index in [9.17, 15) is 0 Å².